The molecule has 0 saturated heterocycles. The summed E-state index contributed by atoms with van der Waals surface area (Å²) in [4.78, 5) is 18.7. The van der Waals surface area contributed by atoms with E-state index in [-0.39, 0.29) is 12.5 Å². The number of hydrogen-bond acceptors (Lipinski definition) is 4. The van der Waals surface area contributed by atoms with Crippen LogP contribution in [0.4, 0.5) is 0 Å². The maximum absolute atomic E-state index is 12.8. The molecule has 0 N–H and O–H groups in total. The van der Waals surface area contributed by atoms with Gasteiger partial charge in [-0.05, 0) is 61.1 Å². The van der Waals surface area contributed by atoms with Gasteiger partial charge in [-0.2, -0.15) is 4.98 Å². The first-order valence-electron chi connectivity index (χ1n) is 9.06. The summed E-state index contributed by atoms with van der Waals surface area (Å²) in [5, 5.41) is 4.60. The Kier molecular flexibility index (Phi) is 4.94. The normalized spacial score (nSPS) is 13.3. The molecule has 0 radical (unpaired) electrons. The molecule has 3 aromatic rings. The zero-order chi connectivity index (χ0) is 18.8. The van der Waals surface area contributed by atoms with Crippen molar-refractivity contribution in [3.63, 3.8) is 0 Å². The number of halogens is 1. The van der Waals surface area contributed by atoms with Gasteiger partial charge in [0.25, 0.3) is 5.91 Å². The molecule has 1 aliphatic rings. The Morgan fingerprint density at radius 1 is 1.15 bits per heavy atom. The van der Waals surface area contributed by atoms with Crippen LogP contribution in [0, 0.1) is 0 Å². The fourth-order valence-electron chi connectivity index (χ4n) is 3.43. The lowest BCUT2D eigenvalue weighted by Gasteiger charge is -2.19. The molecule has 138 valence electrons. The van der Waals surface area contributed by atoms with E-state index >= 15 is 0 Å². The molecule has 2 aromatic carbocycles. The Labute approximate surface area is 163 Å². The minimum Gasteiger partial charge on any atom is -0.337 e. The van der Waals surface area contributed by atoms with Gasteiger partial charge in [0.15, 0.2) is 0 Å². The fraction of sp³-hybridized carbons (Fsp3) is 0.286. The van der Waals surface area contributed by atoms with Gasteiger partial charge in [-0.25, -0.2) is 0 Å². The van der Waals surface area contributed by atoms with Crippen LogP contribution in [-0.4, -0.2) is 28.0 Å². The Hall–Kier alpha value is -2.66. The van der Waals surface area contributed by atoms with Crippen LogP contribution in [0.2, 0.25) is 5.02 Å². The van der Waals surface area contributed by atoms with Gasteiger partial charge >= 0.3 is 0 Å². The first-order chi connectivity index (χ1) is 13.1. The van der Waals surface area contributed by atoms with E-state index in [0.717, 1.165) is 18.4 Å². The summed E-state index contributed by atoms with van der Waals surface area (Å²) in [7, 11) is 1.74. The van der Waals surface area contributed by atoms with Gasteiger partial charge in [0.2, 0.25) is 11.7 Å². The highest BCUT2D eigenvalue weighted by Gasteiger charge is 2.18. The van der Waals surface area contributed by atoms with E-state index < -0.39 is 0 Å². The average molecular weight is 382 g/mol. The monoisotopic (exact) mass is 381 g/mol. The highest BCUT2D eigenvalue weighted by atomic mass is 35.5. The van der Waals surface area contributed by atoms with Crippen LogP contribution in [0.1, 0.15) is 40.2 Å². The second-order valence-electron chi connectivity index (χ2n) is 6.87. The van der Waals surface area contributed by atoms with Crippen LogP contribution in [0.5, 0.6) is 0 Å². The molecule has 0 bridgehead atoms. The molecule has 0 spiro atoms. The van der Waals surface area contributed by atoms with E-state index in [2.05, 4.69) is 16.2 Å². The molecule has 0 saturated carbocycles. The third kappa shape index (κ3) is 3.88. The van der Waals surface area contributed by atoms with Crippen LogP contribution in [0.15, 0.2) is 47.0 Å². The molecule has 0 unspecified atom stereocenters. The summed E-state index contributed by atoms with van der Waals surface area (Å²) in [5.41, 5.74) is 4.14. The summed E-state index contributed by atoms with van der Waals surface area (Å²) in [5.74, 6) is 0.798. The number of amides is 1. The van der Waals surface area contributed by atoms with Gasteiger partial charge in [0.05, 0.1) is 6.54 Å². The van der Waals surface area contributed by atoms with Crippen molar-refractivity contribution in [3.05, 3.63) is 70.1 Å². The molecule has 1 heterocycles. The Balaban J connectivity index is 1.47. The van der Waals surface area contributed by atoms with Crippen LogP contribution in [0.3, 0.4) is 0 Å². The van der Waals surface area contributed by atoms with Crippen LogP contribution in [-0.2, 0) is 19.4 Å². The highest BCUT2D eigenvalue weighted by Crippen LogP contribution is 2.23. The van der Waals surface area contributed by atoms with Gasteiger partial charge < -0.3 is 9.42 Å². The lowest BCUT2D eigenvalue weighted by molar-refractivity contribution is 0.0769. The van der Waals surface area contributed by atoms with E-state index in [1.165, 1.54) is 24.0 Å². The van der Waals surface area contributed by atoms with Gasteiger partial charge in [-0.3, -0.25) is 4.79 Å². The van der Waals surface area contributed by atoms with Crippen molar-refractivity contribution in [1.82, 2.24) is 15.0 Å². The third-order valence-electron chi connectivity index (χ3n) is 4.87. The largest absolute Gasteiger partial charge is 0.337 e. The molecular weight excluding hydrogens is 362 g/mol. The van der Waals surface area contributed by atoms with Gasteiger partial charge in [0, 0.05) is 23.2 Å². The second-order valence-corrected chi connectivity index (χ2v) is 7.31. The lowest BCUT2D eigenvalue weighted by Crippen LogP contribution is -2.26. The van der Waals surface area contributed by atoms with Gasteiger partial charge in [-0.1, -0.05) is 35.0 Å². The molecule has 6 heteroatoms. The third-order valence-corrected chi connectivity index (χ3v) is 5.10. The van der Waals surface area contributed by atoms with Gasteiger partial charge in [0.1, 0.15) is 0 Å². The van der Waals surface area contributed by atoms with Crippen LogP contribution >= 0.6 is 11.6 Å². The second kappa shape index (κ2) is 7.53. The summed E-state index contributed by atoms with van der Waals surface area (Å²) in [6.45, 7) is 0.253. The Bertz CT molecular complexity index is 983. The molecule has 0 fully saturated rings. The molecule has 1 amide bonds. The number of aryl methyl sites for hydroxylation is 2. The maximum Gasteiger partial charge on any atom is 0.254 e. The van der Waals surface area contributed by atoms with Crippen molar-refractivity contribution in [1.29, 1.82) is 0 Å². The molecule has 1 aliphatic carbocycles. The van der Waals surface area contributed by atoms with Crippen molar-refractivity contribution < 1.29 is 9.32 Å². The lowest BCUT2D eigenvalue weighted by atomic mass is 9.90. The van der Waals surface area contributed by atoms with Crippen molar-refractivity contribution in [2.75, 3.05) is 7.05 Å². The standard InChI is InChI=1S/C21H20ClN3O2/c1-25(21(26)17-10-9-14-5-2-3-6-15(14)11-17)13-19-23-20(24-27-19)16-7-4-8-18(22)12-16/h4,7-12H,2-3,5-6,13H2,1H3. The maximum atomic E-state index is 12.8. The van der Waals surface area contributed by atoms with E-state index in [4.69, 9.17) is 16.1 Å². The number of nitrogens with zero attached hydrogens (tertiary/aromatic N) is 3. The molecule has 0 aliphatic heterocycles. The van der Waals surface area contributed by atoms with Crippen LogP contribution in [0.25, 0.3) is 11.4 Å². The van der Waals surface area contributed by atoms with Crippen LogP contribution < -0.4 is 0 Å². The molecule has 1 aromatic heterocycles. The summed E-state index contributed by atoms with van der Waals surface area (Å²) >= 11 is 6.01. The molecule has 27 heavy (non-hydrogen) atoms. The fourth-order valence-corrected chi connectivity index (χ4v) is 3.62. The number of carbonyl (C=O) groups excluding carboxylic acids is 1. The molecule has 4 rings (SSSR count). The summed E-state index contributed by atoms with van der Waals surface area (Å²) < 4.78 is 5.31. The predicted molar refractivity (Wildman–Crippen MR) is 104 cm³/mol. The van der Waals surface area contributed by atoms with E-state index in [9.17, 15) is 4.79 Å². The number of hydrogen-bond donors (Lipinski definition) is 0. The number of carbonyl (C=O) groups is 1. The van der Waals surface area contributed by atoms with Crippen molar-refractivity contribution >= 4 is 17.5 Å². The van der Waals surface area contributed by atoms with Crippen molar-refractivity contribution in [3.8, 4) is 11.4 Å². The molecular formula is C21H20ClN3O2. The van der Waals surface area contributed by atoms with Gasteiger partial charge in [-0.15, -0.1) is 0 Å². The zero-order valence-electron chi connectivity index (χ0n) is 15.1. The van der Waals surface area contributed by atoms with E-state index in [0.29, 0.717) is 22.3 Å². The minimum atomic E-state index is -0.0501. The SMILES string of the molecule is CN(Cc1nc(-c2cccc(Cl)c2)no1)C(=O)c1ccc2c(c1)CCCC2. The van der Waals surface area contributed by atoms with E-state index in [1.54, 1.807) is 24.1 Å². The summed E-state index contributed by atoms with van der Waals surface area (Å²) in [6.07, 6.45) is 4.57. The number of fused-ring (bicyclic) bond motifs is 1. The number of aromatic nitrogens is 2. The number of benzene rings is 2. The van der Waals surface area contributed by atoms with E-state index in [1.807, 2.05) is 24.3 Å². The molecule has 5 nitrogen and oxygen atoms in total. The predicted octanol–water partition coefficient (Wildman–Crippen LogP) is 4.54. The zero-order valence-corrected chi connectivity index (χ0v) is 15.9. The quantitative estimate of drug-likeness (QED) is 0.665. The topological polar surface area (TPSA) is 59.2 Å². The highest BCUT2D eigenvalue weighted by molar-refractivity contribution is 6.30. The first-order valence-corrected chi connectivity index (χ1v) is 9.44. The smallest absolute Gasteiger partial charge is 0.254 e. The van der Waals surface area contributed by atoms with Crippen molar-refractivity contribution in [2.45, 2.75) is 32.2 Å². The molecule has 0 atom stereocenters. The Morgan fingerprint density at radius 2 is 1.96 bits per heavy atom. The Morgan fingerprint density at radius 3 is 2.78 bits per heavy atom. The summed E-state index contributed by atoms with van der Waals surface area (Å²) in [6, 6.07) is 13.3. The number of rotatable bonds is 4. The average Bonchev–Trinajstić information content (AvgIpc) is 3.15. The first kappa shape index (κ1) is 17.7. The minimum absolute atomic E-state index is 0.0501. The van der Waals surface area contributed by atoms with Crippen molar-refractivity contribution in [2.24, 2.45) is 0 Å².